The van der Waals surface area contributed by atoms with E-state index in [1.54, 1.807) is 6.92 Å². The fourth-order valence-corrected chi connectivity index (χ4v) is 3.96. The maximum atomic E-state index is 12.5. The van der Waals surface area contributed by atoms with Crippen molar-refractivity contribution in [1.82, 2.24) is 0 Å². The van der Waals surface area contributed by atoms with Crippen molar-refractivity contribution in [1.29, 1.82) is 0 Å². The monoisotopic (exact) mass is 417 g/mol. The minimum absolute atomic E-state index is 0.272. The van der Waals surface area contributed by atoms with Crippen LogP contribution in [0.15, 0.2) is 24.3 Å². The van der Waals surface area contributed by atoms with Crippen molar-refractivity contribution in [2.45, 2.75) is 34.6 Å². The summed E-state index contributed by atoms with van der Waals surface area (Å²) in [5.74, 6) is -1.34. The average molecular weight is 418 g/mol. The predicted molar refractivity (Wildman–Crippen MR) is 117 cm³/mol. The second-order valence-electron chi connectivity index (χ2n) is 6.51. The number of ether oxygens (including phenoxy) is 1. The molecule has 0 atom stereocenters. The molecule has 156 valence electrons. The van der Waals surface area contributed by atoms with E-state index in [4.69, 9.17) is 4.74 Å². The van der Waals surface area contributed by atoms with Gasteiger partial charge in [0.1, 0.15) is 5.00 Å². The molecule has 1 aromatic heterocycles. The molecule has 0 saturated carbocycles. The second-order valence-corrected chi connectivity index (χ2v) is 7.74. The van der Waals surface area contributed by atoms with Crippen LogP contribution in [0.2, 0.25) is 0 Å². The van der Waals surface area contributed by atoms with Crippen molar-refractivity contribution < 1.29 is 19.1 Å². The Balaban J connectivity index is 1.97. The predicted octanol–water partition coefficient (Wildman–Crippen LogP) is 3.97. The minimum atomic E-state index is -0.636. The molecule has 1 aromatic carbocycles. The molecular weight excluding hydrogens is 390 g/mol. The van der Waals surface area contributed by atoms with Gasteiger partial charge in [-0.05, 0) is 57.5 Å². The van der Waals surface area contributed by atoms with Crippen LogP contribution >= 0.6 is 11.3 Å². The number of carbonyl (C=O) groups is 3. The third-order valence-electron chi connectivity index (χ3n) is 4.49. The summed E-state index contributed by atoms with van der Waals surface area (Å²) in [7, 11) is 0. The summed E-state index contributed by atoms with van der Waals surface area (Å²) in [5, 5.41) is 5.79. The fraction of sp³-hybridized carbons (Fsp3) is 0.381. The first-order chi connectivity index (χ1) is 13.8. The molecule has 0 saturated heterocycles. The van der Waals surface area contributed by atoms with E-state index in [0.29, 0.717) is 16.3 Å². The average Bonchev–Trinajstić information content (AvgIpc) is 2.95. The molecule has 0 bridgehead atoms. The van der Waals surface area contributed by atoms with E-state index in [-0.39, 0.29) is 5.91 Å². The number of hydrogen-bond donors (Lipinski definition) is 2. The number of nitrogens with zero attached hydrogens (tertiary/aromatic N) is 1. The van der Waals surface area contributed by atoms with Gasteiger partial charge in [0.05, 0.1) is 5.56 Å². The number of amides is 2. The van der Waals surface area contributed by atoms with Gasteiger partial charge in [-0.1, -0.05) is 0 Å². The van der Waals surface area contributed by atoms with Crippen LogP contribution in [0.4, 0.5) is 16.4 Å². The first-order valence-electron chi connectivity index (χ1n) is 9.46. The summed E-state index contributed by atoms with van der Waals surface area (Å²) >= 11 is 1.30. The van der Waals surface area contributed by atoms with Crippen LogP contribution in [-0.4, -0.2) is 37.5 Å². The van der Waals surface area contributed by atoms with E-state index in [0.717, 1.165) is 29.2 Å². The van der Waals surface area contributed by atoms with Gasteiger partial charge in [-0.3, -0.25) is 9.59 Å². The smallest absolute Gasteiger partial charge is 0.341 e. The number of thiophene rings is 1. The van der Waals surface area contributed by atoms with Crippen LogP contribution < -0.4 is 15.5 Å². The standard InChI is InChI=1S/C21H27N3O4S/c1-6-24(7-2)17-10-8-16(9-11-17)23-18(26)12-28-21(27)19-13(3)14(4)29-20(19)22-15(5)25/h8-11H,6-7,12H2,1-5H3,(H,22,25)(H,23,26). The molecule has 1 heterocycles. The summed E-state index contributed by atoms with van der Waals surface area (Å²) in [5.41, 5.74) is 2.73. The van der Waals surface area contributed by atoms with Gasteiger partial charge >= 0.3 is 5.97 Å². The molecule has 2 rings (SSSR count). The number of hydrogen-bond acceptors (Lipinski definition) is 6. The van der Waals surface area contributed by atoms with Gasteiger partial charge in [-0.25, -0.2) is 4.79 Å². The topological polar surface area (TPSA) is 87.7 Å². The molecule has 7 nitrogen and oxygen atoms in total. The van der Waals surface area contributed by atoms with Gasteiger partial charge in [0, 0.05) is 36.3 Å². The van der Waals surface area contributed by atoms with Gasteiger partial charge < -0.3 is 20.3 Å². The lowest BCUT2D eigenvalue weighted by Gasteiger charge is -2.21. The van der Waals surface area contributed by atoms with Crippen molar-refractivity contribution in [3.63, 3.8) is 0 Å². The number of aryl methyl sites for hydroxylation is 1. The Kier molecular flexibility index (Phi) is 7.78. The lowest BCUT2D eigenvalue weighted by Crippen LogP contribution is -2.22. The zero-order valence-corrected chi connectivity index (χ0v) is 18.2. The van der Waals surface area contributed by atoms with E-state index in [2.05, 4.69) is 29.4 Å². The molecule has 0 aliphatic rings. The van der Waals surface area contributed by atoms with Crippen LogP contribution in [0, 0.1) is 13.8 Å². The number of carbonyl (C=O) groups excluding carboxylic acids is 3. The largest absolute Gasteiger partial charge is 0.452 e. The molecule has 2 N–H and O–H groups in total. The molecule has 0 spiro atoms. The summed E-state index contributed by atoms with van der Waals surface area (Å²) in [6.45, 7) is 10.6. The molecule has 0 unspecified atom stereocenters. The van der Waals surface area contributed by atoms with Gasteiger partial charge in [-0.15, -0.1) is 11.3 Å². The Bertz CT molecular complexity index is 886. The third-order valence-corrected chi connectivity index (χ3v) is 5.62. The molecule has 0 aliphatic heterocycles. The Morgan fingerprint density at radius 3 is 2.21 bits per heavy atom. The van der Waals surface area contributed by atoms with Crippen molar-refractivity contribution in [3.05, 3.63) is 40.3 Å². The van der Waals surface area contributed by atoms with Gasteiger partial charge in [0.2, 0.25) is 5.91 Å². The van der Waals surface area contributed by atoms with Crippen LogP contribution in [0.25, 0.3) is 0 Å². The molecule has 0 fully saturated rings. The zero-order chi connectivity index (χ0) is 21.6. The maximum Gasteiger partial charge on any atom is 0.341 e. The minimum Gasteiger partial charge on any atom is -0.452 e. The lowest BCUT2D eigenvalue weighted by molar-refractivity contribution is -0.119. The first-order valence-corrected chi connectivity index (χ1v) is 10.3. The third kappa shape index (κ3) is 5.80. The van der Waals surface area contributed by atoms with Crippen LogP contribution in [0.5, 0.6) is 0 Å². The SMILES string of the molecule is CCN(CC)c1ccc(NC(=O)COC(=O)c2c(NC(C)=O)sc(C)c2C)cc1. The normalized spacial score (nSPS) is 10.4. The highest BCUT2D eigenvalue weighted by molar-refractivity contribution is 7.16. The van der Waals surface area contributed by atoms with Crippen molar-refractivity contribution in [2.24, 2.45) is 0 Å². The Hall–Kier alpha value is -2.87. The van der Waals surface area contributed by atoms with E-state index < -0.39 is 18.5 Å². The quantitative estimate of drug-likeness (QED) is 0.635. The summed E-state index contributed by atoms with van der Waals surface area (Å²) in [6.07, 6.45) is 0. The van der Waals surface area contributed by atoms with E-state index >= 15 is 0 Å². The van der Waals surface area contributed by atoms with E-state index in [9.17, 15) is 14.4 Å². The highest BCUT2D eigenvalue weighted by Gasteiger charge is 2.22. The number of nitrogens with one attached hydrogen (secondary N) is 2. The van der Waals surface area contributed by atoms with Crippen LogP contribution in [0.3, 0.4) is 0 Å². The molecule has 2 aromatic rings. The van der Waals surface area contributed by atoms with Crippen molar-refractivity contribution in [2.75, 3.05) is 35.2 Å². The Morgan fingerprint density at radius 2 is 1.66 bits per heavy atom. The van der Waals surface area contributed by atoms with Gasteiger partial charge in [-0.2, -0.15) is 0 Å². The van der Waals surface area contributed by atoms with Gasteiger partial charge in [0.15, 0.2) is 6.61 Å². The molecule has 2 amide bonds. The highest BCUT2D eigenvalue weighted by Crippen LogP contribution is 2.33. The first kappa shape index (κ1) is 22.4. The van der Waals surface area contributed by atoms with E-state index in [1.807, 2.05) is 31.2 Å². The Morgan fingerprint density at radius 1 is 1.03 bits per heavy atom. The fourth-order valence-electron chi connectivity index (χ4n) is 2.87. The number of esters is 1. The summed E-state index contributed by atoms with van der Waals surface area (Å²) < 4.78 is 5.17. The van der Waals surface area contributed by atoms with Crippen molar-refractivity contribution in [3.8, 4) is 0 Å². The van der Waals surface area contributed by atoms with Crippen LogP contribution in [0.1, 0.15) is 41.6 Å². The highest BCUT2D eigenvalue weighted by atomic mass is 32.1. The number of rotatable bonds is 8. The van der Waals surface area contributed by atoms with Gasteiger partial charge in [0.25, 0.3) is 5.91 Å². The number of anilines is 3. The second kappa shape index (κ2) is 10.1. The van der Waals surface area contributed by atoms with E-state index in [1.165, 1.54) is 18.3 Å². The van der Waals surface area contributed by atoms with Crippen molar-refractivity contribution >= 4 is 45.5 Å². The number of benzene rings is 1. The molecule has 8 heteroatoms. The zero-order valence-electron chi connectivity index (χ0n) is 17.4. The molecule has 0 radical (unpaired) electrons. The lowest BCUT2D eigenvalue weighted by atomic mass is 10.1. The summed E-state index contributed by atoms with van der Waals surface area (Å²) in [4.78, 5) is 39.1. The molecule has 29 heavy (non-hydrogen) atoms. The maximum absolute atomic E-state index is 12.5. The molecule has 0 aliphatic carbocycles. The summed E-state index contributed by atoms with van der Waals surface area (Å²) in [6, 6.07) is 7.50. The van der Waals surface area contributed by atoms with Crippen LogP contribution in [-0.2, 0) is 14.3 Å². The Labute approximate surface area is 175 Å². The molecular formula is C21H27N3O4S.